The number of nitrogens with zero attached hydrogens (tertiary/aromatic N) is 12. The van der Waals surface area contributed by atoms with Gasteiger partial charge in [-0.25, -0.2) is 14.2 Å². The maximum Gasteiger partial charge on any atom is 0.370 e. The van der Waals surface area contributed by atoms with Crippen LogP contribution < -0.4 is 16.0 Å². The average molecular weight is 1150 g/mol. The minimum absolute atomic E-state index is 0.139. The van der Waals surface area contributed by atoms with Gasteiger partial charge in [-0.2, -0.15) is 0 Å². The lowest BCUT2D eigenvalue weighted by Crippen LogP contribution is -2.56. The van der Waals surface area contributed by atoms with Crippen LogP contribution in [0.2, 0.25) is 0 Å². The number of hydrogen-bond acceptors (Lipinski definition) is 19. The number of para-hydroxylation sites is 2. The lowest BCUT2D eigenvalue weighted by Gasteiger charge is -2.38. The number of rotatable bonds is 30. The summed E-state index contributed by atoms with van der Waals surface area (Å²) in [5.74, 6) is -3.05. The molecule has 0 aliphatic carbocycles. The van der Waals surface area contributed by atoms with E-state index in [0.717, 1.165) is 56.3 Å². The number of anilines is 2. The Bertz CT molecular complexity index is 3170. The summed E-state index contributed by atoms with van der Waals surface area (Å²) in [5.41, 5.74) is 5.01. The predicted molar refractivity (Wildman–Crippen MR) is 298 cm³/mol. The lowest BCUT2D eigenvalue weighted by molar-refractivity contribution is -0.148. The Morgan fingerprint density at radius 2 is 1.18 bits per heavy atom. The molecule has 0 saturated carbocycles. The standard InChI is InChI=1S/C56H73N15O12/c1-4-46(74)52(78)55-51(57-35(3)73)44(24-27-82-55)70-31-42(62-66-70)38-18-9-11-20-40(38)58-49(76)22-7-5-13-25-68-29-36(60-64-68)16-15-17-37-30-69(65-61-37)26-14-6-8-23-50(77)59-41-21-12-10-19-39(41)43-32-71(67-63-43)45-28-48(56(80)81)83-54(34(45)2)53(79)47(75)33-72/h9-12,18-21,24,27-32,34,44-47,51-55,72,74-75,78-79H,4-8,13-17,22-23,25-26,33H2,1-3H3,(H,57,73)(H,58,76)(H,59,77)(H,80,81)/t34-,44+,45+,46-,47-,51-,52-,53-,54-,55-/m1/s1. The number of carbonyl (C=O) groups excluding carboxylic acids is 3. The number of aromatic nitrogens is 12. The number of aliphatic carboxylic acids is 1. The van der Waals surface area contributed by atoms with Crippen LogP contribution in [-0.4, -0.2) is 164 Å². The van der Waals surface area contributed by atoms with Crippen LogP contribution >= 0.6 is 0 Å². The van der Waals surface area contributed by atoms with Crippen LogP contribution in [0.5, 0.6) is 0 Å². The fraction of sp³-hybridized carbons (Fsp3) is 0.500. The number of aliphatic hydroxyl groups is 5. The highest BCUT2D eigenvalue weighted by Crippen LogP contribution is 2.36. The summed E-state index contributed by atoms with van der Waals surface area (Å²) in [6.45, 7) is 5.38. The number of aliphatic hydroxyl groups excluding tert-OH is 5. The van der Waals surface area contributed by atoms with Crippen LogP contribution in [0.15, 0.2) is 97.5 Å². The van der Waals surface area contributed by atoms with Crippen LogP contribution in [0.4, 0.5) is 11.4 Å². The molecule has 9 N–H and O–H groups in total. The Balaban J connectivity index is 0.706. The van der Waals surface area contributed by atoms with E-state index in [0.29, 0.717) is 72.7 Å². The molecule has 83 heavy (non-hydrogen) atoms. The summed E-state index contributed by atoms with van der Waals surface area (Å²) in [6.07, 6.45) is 11.8. The van der Waals surface area contributed by atoms with E-state index in [4.69, 9.17) is 9.47 Å². The van der Waals surface area contributed by atoms with Gasteiger partial charge in [-0.15, -0.1) is 20.4 Å². The van der Waals surface area contributed by atoms with Crippen molar-refractivity contribution in [2.45, 2.75) is 166 Å². The van der Waals surface area contributed by atoms with Gasteiger partial charge in [0.15, 0.2) is 0 Å². The molecule has 0 bridgehead atoms. The third kappa shape index (κ3) is 16.1. The number of unbranched alkanes of at least 4 members (excludes halogenated alkanes) is 4. The molecule has 27 heteroatoms. The van der Waals surface area contributed by atoms with Gasteiger partial charge in [0.2, 0.25) is 23.5 Å². The summed E-state index contributed by atoms with van der Waals surface area (Å²) in [6, 6.07) is 12.3. The zero-order chi connectivity index (χ0) is 59.0. The van der Waals surface area contributed by atoms with Crippen LogP contribution in [0.1, 0.15) is 108 Å². The van der Waals surface area contributed by atoms with Gasteiger partial charge in [0.25, 0.3) is 0 Å². The van der Waals surface area contributed by atoms with E-state index in [2.05, 4.69) is 57.2 Å². The number of hydrogen-bond donors (Lipinski definition) is 9. The molecule has 444 valence electrons. The number of amides is 3. The minimum Gasteiger partial charge on any atom is -0.493 e. The number of carboxylic acid groups (broad SMARTS) is 1. The van der Waals surface area contributed by atoms with Crippen molar-refractivity contribution in [3.8, 4) is 22.5 Å². The van der Waals surface area contributed by atoms with Crippen molar-refractivity contribution in [2.75, 3.05) is 17.2 Å². The highest BCUT2D eigenvalue weighted by molar-refractivity contribution is 5.95. The lowest BCUT2D eigenvalue weighted by atomic mass is 9.87. The van der Waals surface area contributed by atoms with Gasteiger partial charge in [-0.05, 0) is 75.7 Å². The maximum absolute atomic E-state index is 13.1. The molecular formula is C56H73N15O12. The number of benzene rings is 2. The van der Waals surface area contributed by atoms with Crippen LogP contribution in [-0.2, 0) is 54.6 Å². The molecule has 27 nitrogen and oxygen atoms in total. The van der Waals surface area contributed by atoms with Crippen LogP contribution in [0.25, 0.3) is 22.5 Å². The first kappa shape index (κ1) is 60.8. The highest BCUT2D eigenvalue weighted by atomic mass is 16.5. The largest absolute Gasteiger partial charge is 0.493 e. The first-order chi connectivity index (χ1) is 40.1. The predicted octanol–water partition coefficient (Wildman–Crippen LogP) is 3.31. The molecular weight excluding hydrogens is 1070 g/mol. The normalized spacial score (nSPS) is 20.1. The van der Waals surface area contributed by atoms with Gasteiger partial charge in [-0.1, -0.05) is 83.9 Å². The van der Waals surface area contributed by atoms with Gasteiger partial charge in [0, 0.05) is 62.3 Å². The number of ether oxygens (including phenoxy) is 2. The third-order valence-corrected chi connectivity index (χ3v) is 14.7. The van der Waals surface area contributed by atoms with Gasteiger partial charge >= 0.3 is 5.97 Å². The Hall–Kier alpha value is -8.24. The Morgan fingerprint density at radius 3 is 1.70 bits per heavy atom. The van der Waals surface area contributed by atoms with E-state index >= 15 is 0 Å². The van der Waals surface area contributed by atoms with Crippen LogP contribution in [0, 0.1) is 5.92 Å². The molecule has 6 heterocycles. The minimum atomic E-state index is -1.57. The molecule has 0 radical (unpaired) electrons. The summed E-state index contributed by atoms with van der Waals surface area (Å²) in [7, 11) is 0. The van der Waals surface area contributed by atoms with Gasteiger partial charge in [0.05, 0.1) is 72.3 Å². The molecule has 10 atom stereocenters. The number of nitrogens with one attached hydrogen (secondary N) is 3. The maximum atomic E-state index is 13.1. The van der Waals surface area contributed by atoms with Crippen molar-refractivity contribution in [3.05, 3.63) is 109 Å². The second-order valence-electron chi connectivity index (χ2n) is 20.9. The number of carboxylic acids is 1. The molecule has 2 aliphatic heterocycles. The quantitative estimate of drug-likeness (QED) is 0.0292. The zero-order valence-electron chi connectivity index (χ0n) is 46.5. The zero-order valence-corrected chi connectivity index (χ0v) is 46.5. The summed E-state index contributed by atoms with van der Waals surface area (Å²) >= 11 is 0. The summed E-state index contributed by atoms with van der Waals surface area (Å²) in [4.78, 5) is 50.4. The van der Waals surface area contributed by atoms with Crippen molar-refractivity contribution in [1.29, 1.82) is 0 Å². The molecule has 0 fully saturated rings. The van der Waals surface area contributed by atoms with E-state index in [1.54, 1.807) is 67.3 Å². The molecule has 8 rings (SSSR count). The van der Waals surface area contributed by atoms with E-state index < -0.39 is 79.0 Å². The Labute approximate surface area is 478 Å². The fourth-order valence-electron chi connectivity index (χ4n) is 10.2. The smallest absolute Gasteiger partial charge is 0.370 e. The van der Waals surface area contributed by atoms with Crippen LogP contribution in [0.3, 0.4) is 0 Å². The average Bonchev–Trinajstić information content (AvgIpc) is 4.54. The second kappa shape index (κ2) is 29.1. The van der Waals surface area contributed by atoms with Crippen molar-refractivity contribution in [2.24, 2.45) is 5.92 Å². The van der Waals surface area contributed by atoms with Gasteiger partial charge < -0.3 is 56.1 Å². The first-order valence-electron chi connectivity index (χ1n) is 28.0. The highest BCUT2D eigenvalue weighted by Gasteiger charge is 2.43. The van der Waals surface area contributed by atoms with Crippen molar-refractivity contribution in [3.63, 3.8) is 0 Å². The van der Waals surface area contributed by atoms with E-state index in [1.807, 2.05) is 40.0 Å². The van der Waals surface area contributed by atoms with Gasteiger partial charge in [-0.3, -0.25) is 23.7 Å². The first-order valence-corrected chi connectivity index (χ1v) is 28.0. The summed E-state index contributed by atoms with van der Waals surface area (Å²) < 4.78 is 17.8. The Kier molecular flexibility index (Phi) is 21.4. The monoisotopic (exact) mass is 1150 g/mol. The topological polar surface area (TPSA) is 367 Å². The fourth-order valence-corrected chi connectivity index (χ4v) is 10.2. The van der Waals surface area contributed by atoms with E-state index in [9.17, 15) is 49.8 Å². The second-order valence-corrected chi connectivity index (χ2v) is 20.9. The molecule has 2 aromatic carbocycles. The molecule has 0 spiro atoms. The SMILES string of the molecule is CC[C@@H](O)[C@@H](O)[C@@H]1OC=C[C@H](n2cc(-c3ccccc3NC(=O)CCCCCn3cc(CCCc4cn(CCCCCC(=O)Nc5ccccc5-c5cn([C@H]6C=C(C(=O)O)O[C@@H]([C@H](O)[C@H](O)CO)[C@@H]6C)nn5)nn4)nn3)nn2)[C@H]1NC(C)=O. The van der Waals surface area contributed by atoms with Crippen molar-refractivity contribution < 1.29 is 59.3 Å². The van der Waals surface area contributed by atoms with E-state index in [-0.39, 0.29) is 24.1 Å². The number of aryl methyl sites for hydroxylation is 4. The van der Waals surface area contributed by atoms with E-state index in [1.165, 1.54) is 23.9 Å². The molecule has 0 saturated heterocycles. The number of carbonyl (C=O) groups is 4. The Morgan fingerprint density at radius 1 is 0.651 bits per heavy atom. The molecule has 2 aliphatic rings. The van der Waals surface area contributed by atoms with Gasteiger partial charge in [0.1, 0.15) is 41.9 Å². The van der Waals surface area contributed by atoms with Crippen molar-refractivity contribution in [1.82, 2.24) is 65.3 Å². The van der Waals surface area contributed by atoms with Crippen molar-refractivity contribution >= 4 is 35.1 Å². The molecule has 3 amide bonds. The molecule has 6 aromatic rings. The molecule has 4 aromatic heterocycles. The number of allylic oxidation sites excluding steroid dienone is 1. The summed E-state index contributed by atoms with van der Waals surface area (Å²) in [5, 5.41) is 104. The molecule has 0 unspecified atom stereocenters. The third-order valence-electron chi connectivity index (χ3n) is 14.7.